The molecule has 0 amide bonds. The fraction of sp³-hybridized carbons (Fsp3) is 0.500. The van der Waals surface area contributed by atoms with Gasteiger partial charge in [-0.15, -0.1) is 0 Å². The summed E-state index contributed by atoms with van der Waals surface area (Å²) in [5.74, 6) is 2.03. The molecule has 0 aliphatic carbocycles. The molecule has 6 heteroatoms. The van der Waals surface area contributed by atoms with E-state index in [1.165, 1.54) is 0 Å². The molecule has 20 heavy (non-hydrogen) atoms. The number of hydrogen-bond donors (Lipinski definition) is 1. The van der Waals surface area contributed by atoms with Crippen molar-refractivity contribution in [1.29, 1.82) is 0 Å². The predicted molar refractivity (Wildman–Crippen MR) is 95.8 cm³/mol. The second kappa shape index (κ2) is 9.47. The molecule has 1 rings (SSSR count). The highest BCUT2D eigenvalue weighted by atomic mass is 79.9. The SMILES string of the molecule is COc1ccc(Br)cc1CN(C)C(=S)NCCCSC. The Morgan fingerprint density at radius 3 is 2.90 bits per heavy atom. The highest BCUT2D eigenvalue weighted by molar-refractivity contribution is 9.10. The number of halogens is 1. The Kier molecular flexibility index (Phi) is 8.33. The molecular formula is C14H21BrN2OS2. The number of nitrogens with zero attached hydrogens (tertiary/aromatic N) is 1. The van der Waals surface area contributed by atoms with E-state index in [1.807, 2.05) is 35.8 Å². The van der Waals surface area contributed by atoms with Crippen molar-refractivity contribution >= 4 is 45.0 Å². The minimum Gasteiger partial charge on any atom is -0.496 e. The number of thiocarbonyl (C=S) groups is 1. The van der Waals surface area contributed by atoms with Gasteiger partial charge in [0.25, 0.3) is 0 Å². The second-order valence-corrected chi connectivity index (χ2v) is 6.68. The first-order valence-electron chi connectivity index (χ1n) is 6.38. The monoisotopic (exact) mass is 376 g/mol. The number of rotatable bonds is 7. The lowest BCUT2D eigenvalue weighted by Gasteiger charge is -2.22. The van der Waals surface area contributed by atoms with Gasteiger partial charge in [0, 0.05) is 30.2 Å². The summed E-state index contributed by atoms with van der Waals surface area (Å²) in [6, 6.07) is 6.00. The average molecular weight is 377 g/mol. The molecule has 0 unspecified atom stereocenters. The largest absolute Gasteiger partial charge is 0.496 e. The topological polar surface area (TPSA) is 24.5 Å². The van der Waals surface area contributed by atoms with Crippen molar-refractivity contribution < 1.29 is 4.74 Å². The molecule has 0 saturated heterocycles. The van der Waals surface area contributed by atoms with Gasteiger partial charge in [0.05, 0.1) is 7.11 Å². The molecule has 0 saturated carbocycles. The summed E-state index contributed by atoms with van der Waals surface area (Å²) in [5, 5.41) is 4.05. The van der Waals surface area contributed by atoms with Crippen LogP contribution in [0, 0.1) is 0 Å². The Morgan fingerprint density at radius 2 is 2.25 bits per heavy atom. The van der Waals surface area contributed by atoms with E-state index < -0.39 is 0 Å². The van der Waals surface area contributed by atoms with Crippen molar-refractivity contribution in [2.75, 3.05) is 32.7 Å². The summed E-state index contributed by atoms with van der Waals surface area (Å²) in [4.78, 5) is 2.03. The Labute approximate surface area is 139 Å². The van der Waals surface area contributed by atoms with Crippen LogP contribution in [-0.4, -0.2) is 42.7 Å². The van der Waals surface area contributed by atoms with Crippen LogP contribution in [-0.2, 0) is 6.54 Å². The van der Waals surface area contributed by atoms with Crippen molar-refractivity contribution in [2.45, 2.75) is 13.0 Å². The molecular weight excluding hydrogens is 356 g/mol. The van der Waals surface area contributed by atoms with Crippen LogP contribution in [0.1, 0.15) is 12.0 Å². The molecule has 0 aliphatic heterocycles. The number of nitrogens with one attached hydrogen (secondary N) is 1. The molecule has 0 fully saturated rings. The van der Waals surface area contributed by atoms with Crippen LogP contribution in [0.3, 0.4) is 0 Å². The normalized spacial score (nSPS) is 10.2. The maximum Gasteiger partial charge on any atom is 0.168 e. The van der Waals surface area contributed by atoms with Crippen LogP contribution < -0.4 is 10.1 Å². The average Bonchev–Trinajstić information content (AvgIpc) is 2.43. The Balaban J connectivity index is 2.54. The van der Waals surface area contributed by atoms with E-state index in [2.05, 4.69) is 33.6 Å². The minimum absolute atomic E-state index is 0.719. The Hall–Kier alpha value is -0.460. The molecule has 0 aromatic heterocycles. The zero-order chi connectivity index (χ0) is 15.0. The summed E-state index contributed by atoms with van der Waals surface area (Å²) in [7, 11) is 3.68. The number of hydrogen-bond acceptors (Lipinski definition) is 3. The van der Waals surface area contributed by atoms with Crippen LogP contribution in [0.2, 0.25) is 0 Å². The van der Waals surface area contributed by atoms with Gasteiger partial charge in [0.15, 0.2) is 5.11 Å². The summed E-state index contributed by atoms with van der Waals surface area (Å²) in [6.07, 6.45) is 3.24. The van der Waals surface area contributed by atoms with Gasteiger partial charge in [-0.1, -0.05) is 15.9 Å². The van der Waals surface area contributed by atoms with E-state index in [4.69, 9.17) is 17.0 Å². The smallest absolute Gasteiger partial charge is 0.168 e. The molecule has 112 valence electrons. The van der Waals surface area contributed by atoms with Gasteiger partial charge in [-0.3, -0.25) is 0 Å². The van der Waals surface area contributed by atoms with Gasteiger partial charge in [-0.2, -0.15) is 11.8 Å². The highest BCUT2D eigenvalue weighted by Gasteiger charge is 2.09. The van der Waals surface area contributed by atoms with Crippen molar-refractivity contribution in [3.63, 3.8) is 0 Å². The molecule has 1 aromatic carbocycles. The second-order valence-electron chi connectivity index (χ2n) is 4.39. The van der Waals surface area contributed by atoms with Gasteiger partial charge < -0.3 is 15.0 Å². The third kappa shape index (κ3) is 5.89. The molecule has 0 heterocycles. The van der Waals surface area contributed by atoms with Gasteiger partial charge in [-0.05, 0) is 48.8 Å². The van der Waals surface area contributed by atoms with Crippen molar-refractivity contribution in [1.82, 2.24) is 10.2 Å². The number of benzene rings is 1. The maximum absolute atomic E-state index is 5.39. The first-order valence-corrected chi connectivity index (χ1v) is 8.98. The molecule has 1 N–H and O–H groups in total. The summed E-state index contributed by atoms with van der Waals surface area (Å²) in [6.45, 7) is 1.64. The van der Waals surface area contributed by atoms with E-state index in [0.717, 1.165) is 46.2 Å². The van der Waals surface area contributed by atoms with Gasteiger partial charge in [0.1, 0.15) is 5.75 Å². The zero-order valence-corrected chi connectivity index (χ0v) is 15.3. The maximum atomic E-state index is 5.39. The van der Waals surface area contributed by atoms with E-state index in [-0.39, 0.29) is 0 Å². The first kappa shape index (κ1) is 17.6. The summed E-state index contributed by atoms with van der Waals surface area (Å²) in [5.41, 5.74) is 1.11. The number of methoxy groups -OCH3 is 1. The minimum atomic E-state index is 0.719. The van der Waals surface area contributed by atoms with Crippen LogP contribution in [0.15, 0.2) is 22.7 Å². The van der Waals surface area contributed by atoms with E-state index in [0.29, 0.717) is 0 Å². The standard InChI is InChI=1S/C14H21BrN2OS2/c1-17(14(19)16-7-4-8-20-3)10-11-9-12(15)5-6-13(11)18-2/h5-6,9H,4,7-8,10H2,1-3H3,(H,16,19). The number of thioether (sulfide) groups is 1. The van der Waals surface area contributed by atoms with Gasteiger partial charge >= 0.3 is 0 Å². The van der Waals surface area contributed by atoms with Crippen molar-refractivity contribution in [3.8, 4) is 5.75 Å². The van der Waals surface area contributed by atoms with E-state index in [1.54, 1.807) is 7.11 Å². The lowest BCUT2D eigenvalue weighted by molar-refractivity contribution is 0.397. The number of ether oxygens (including phenoxy) is 1. The molecule has 0 atom stereocenters. The van der Waals surface area contributed by atoms with Crippen LogP contribution in [0.5, 0.6) is 5.75 Å². The van der Waals surface area contributed by atoms with Gasteiger partial charge in [-0.25, -0.2) is 0 Å². The van der Waals surface area contributed by atoms with Crippen molar-refractivity contribution in [2.24, 2.45) is 0 Å². The Morgan fingerprint density at radius 1 is 1.50 bits per heavy atom. The molecule has 0 aliphatic rings. The third-order valence-electron chi connectivity index (χ3n) is 2.80. The predicted octanol–water partition coefficient (Wildman–Crippen LogP) is 3.52. The lowest BCUT2D eigenvalue weighted by Crippen LogP contribution is -2.37. The Bertz CT molecular complexity index is 443. The summed E-state index contributed by atoms with van der Waals surface area (Å²) < 4.78 is 6.42. The molecule has 0 bridgehead atoms. The zero-order valence-electron chi connectivity index (χ0n) is 12.1. The third-order valence-corrected chi connectivity index (χ3v) is 4.44. The van der Waals surface area contributed by atoms with Crippen molar-refractivity contribution in [3.05, 3.63) is 28.2 Å². The van der Waals surface area contributed by atoms with E-state index >= 15 is 0 Å². The first-order chi connectivity index (χ1) is 9.58. The molecule has 0 radical (unpaired) electrons. The van der Waals surface area contributed by atoms with Crippen LogP contribution >= 0.6 is 39.9 Å². The lowest BCUT2D eigenvalue weighted by atomic mass is 10.2. The van der Waals surface area contributed by atoms with Gasteiger partial charge in [0.2, 0.25) is 0 Å². The van der Waals surface area contributed by atoms with Crippen LogP contribution in [0.4, 0.5) is 0 Å². The summed E-state index contributed by atoms with van der Waals surface area (Å²) >= 11 is 10.7. The van der Waals surface area contributed by atoms with Crippen LogP contribution in [0.25, 0.3) is 0 Å². The van der Waals surface area contributed by atoms with E-state index in [9.17, 15) is 0 Å². The fourth-order valence-electron chi connectivity index (χ4n) is 1.74. The molecule has 3 nitrogen and oxygen atoms in total. The highest BCUT2D eigenvalue weighted by Crippen LogP contribution is 2.24. The fourth-order valence-corrected chi connectivity index (χ4v) is 2.75. The quantitative estimate of drug-likeness (QED) is 0.579. The molecule has 1 aromatic rings. The molecule has 0 spiro atoms.